The minimum atomic E-state index is -0.0316. The van der Waals surface area contributed by atoms with Crippen molar-refractivity contribution in [3.05, 3.63) is 59.9 Å². The van der Waals surface area contributed by atoms with Crippen LogP contribution in [0.5, 0.6) is 0 Å². The van der Waals surface area contributed by atoms with Gasteiger partial charge in [0.2, 0.25) is 11.8 Å². The highest BCUT2D eigenvalue weighted by atomic mass is 16.2. The lowest BCUT2D eigenvalue weighted by atomic mass is 10.1. The van der Waals surface area contributed by atoms with Crippen molar-refractivity contribution >= 4 is 28.5 Å². The first-order valence-electron chi connectivity index (χ1n) is 10.7. The van der Waals surface area contributed by atoms with Gasteiger partial charge in [-0.1, -0.05) is 30.3 Å². The van der Waals surface area contributed by atoms with Gasteiger partial charge < -0.3 is 14.4 Å². The summed E-state index contributed by atoms with van der Waals surface area (Å²) in [6.07, 6.45) is 2.56. The van der Waals surface area contributed by atoms with Gasteiger partial charge in [0.05, 0.1) is 11.0 Å². The van der Waals surface area contributed by atoms with Crippen LogP contribution in [0.2, 0.25) is 0 Å². The van der Waals surface area contributed by atoms with Crippen molar-refractivity contribution in [3.8, 4) is 0 Å². The SMILES string of the molecule is Cc1ccccc1N1C[C@@H](c2nc3ccccc3n2CC(=O)N2CCCC2)CC1=O. The lowest BCUT2D eigenvalue weighted by Crippen LogP contribution is -2.32. The molecule has 0 unspecified atom stereocenters. The maximum atomic E-state index is 12.9. The smallest absolute Gasteiger partial charge is 0.242 e. The molecule has 2 aromatic carbocycles. The molecule has 0 N–H and O–H groups in total. The van der Waals surface area contributed by atoms with Crippen LogP contribution in [-0.4, -0.2) is 45.9 Å². The Morgan fingerprint density at radius 2 is 1.80 bits per heavy atom. The van der Waals surface area contributed by atoms with Gasteiger partial charge in [-0.3, -0.25) is 9.59 Å². The van der Waals surface area contributed by atoms with Crippen LogP contribution in [0.3, 0.4) is 0 Å². The fraction of sp³-hybridized carbons (Fsp3) is 0.375. The minimum Gasteiger partial charge on any atom is -0.341 e. The average molecular weight is 402 g/mol. The van der Waals surface area contributed by atoms with Crippen molar-refractivity contribution in [1.82, 2.24) is 14.5 Å². The number of aryl methyl sites for hydroxylation is 1. The highest BCUT2D eigenvalue weighted by Crippen LogP contribution is 2.34. The molecule has 0 aliphatic carbocycles. The second-order valence-electron chi connectivity index (χ2n) is 8.32. The van der Waals surface area contributed by atoms with Crippen molar-refractivity contribution in [3.63, 3.8) is 0 Å². The number of rotatable bonds is 4. The zero-order chi connectivity index (χ0) is 20.7. The molecule has 0 spiro atoms. The molecule has 2 aliphatic heterocycles. The quantitative estimate of drug-likeness (QED) is 0.671. The number of carbonyl (C=O) groups excluding carboxylic acids is 2. The van der Waals surface area contributed by atoms with Gasteiger partial charge in [-0.05, 0) is 43.5 Å². The molecule has 2 fully saturated rings. The maximum absolute atomic E-state index is 12.9. The lowest BCUT2D eigenvalue weighted by Gasteiger charge is -2.20. The third-order valence-electron chi connectivity index (χ3n) is 6.33. The summed E-state index contributed by atoms with van der Waals surface area (Å²) in [5.41, 5.74) is 3.88. The molecule has 0 saturated carbocycles. The van der Waals surface area contributed by atoms with E-state index in [-0.39, 0.29) is 24.3 Å². The van der Waals surface area contributed by atoms with Crippen LogP contribution < -0.4 is 4.90 Å². The van der Waals surface area contributed by atoms with E-state index in [1.165, 1.54) is 0 Å². The molecule has 0 bridgehead atoms. The molecule has 2 aliphatic rings. The van der Waals surface area contributed by atoms with Crippen LogP contribution in [0.1, 0.15) is 36.6 Å². The lowest BCUT2D eigenvalue weighted by molar-refractivity contribution is -0.130. The van der Waals surface area contributed by atoms with E-state index >= 15 is 0 Å². The zero-order valence-corrected chi connectivity index (χ0v) is 17.3. The standard InChI is InChI=1S/C24H26N4O2/c1-17-8-2-4-10-20(17)27-15-18(14-22(27)29)24-25-19-9-3-5-11-21(19)28(24)16-23(30)26-12-6-7-13-26/h2-5,8-11,18H,6-7,12-16H2,1H3/t18-/m0/s1. The summed E-state index contributed by atoms with van der Waals surface area (Å²) >= 11 is 0. The number of carbonyl (C=O) groups is 2. The van der Waals surface area contributed by atoms with Crippen LogP contribution in [0, 0.1) is 6.92 Å². The van der Waals surface area contributed by atoms with E-state index < -0.39 is 0 Å². The molecular weight excluding hydrogens is 376 g/mol. The van der Waals surface area contributed by atoms with Crippen LogP contribution in [0.4, 0.5) is 5.69 Å². The normalized spacial score (nSPS) is 19.2. The predicted molar refractivity (Wildman–Crippen MR) is 116 cm³/mol. The van der Waals surface area contributed by atoms with Crippen molar-refractivity contribution < 1.29 is 9.59 Å². The molecule has 30 heavy (non-hydrogen) atoms. The Balaban J connectivity index is 1.49. The van der Waals surface area contributed by atoms with E-state index in [1.54, 1.807) is 0 Å². The molecule has 2 amide bonds. The summed E-state index contributed by atoms with van der Waals surface area (Å²) in [6.45, 7) is 4.57. The van der Waals surface area contributed by atoms with Crippen molar-refractivity contribution in [2.45, 2.75) is 38.6 Å². The van der Waals surface area contributed by atoms with E-state index in [1.807, 2.05) is 69.8 Å². The number of hydrogen-bond donors (Lipinski definition) is 0. The zero-order valence-electron chi connectivity index (χ0n) is 17.3. The van der Waals surface area contributed by atoms with Gasteiger partial charge in [0.25, 0.3) is 0 Å². The van der Waals surface area contributed by atoms with Crippen molar-refractivity contribution in [2.75, 3.05) is 24.5 Å². The average Bonchev–Trinajstić information content (AvgIpc) is 3.48. The molecule has 154 valence electrons. The van der Waals surface area contributed by atoms with Gasteiger partial charge in [0, 0.05) is 37.7 Å². The molecule has 5 rings (SSSR count). The molecular formula is C24H26N4O2. The number of hydrogen-bond acceptors (Lipinski definition) is 3. The van der Waals surface area contributed by atoms with E-state index in [9.17, 15) is 9.59 Å². The monoisotopic (exact) mass is 402 g/mol. The number of aromatic nitrogens is 2. The number of likely N-dealkylation sites (tertiary alicyclic amines) is 1. The summed E-state index contributed by atoms with van der Waals surface area (Å²) in [5.74, 6) is 1.06. The Labute approximate surface area is 176 Å². The molecule has 3 heterocycles. The highest BCUT2D eigenvalue weighted by molar-refractivity contribution is 5.97. The Kier molecular flexibility index (Phi) is 4.77. The first-order chi connectivity index (χ1) is 14.6. The van der Waals surface area contributed by atoms with Gasteiger partial charge in [0.1, 0.15) is 12.4 Å². The number of fused-ring (bicyclic) bond motifs is 1. The number of nitrogens with zero attached hydrogens (tertiary/aromatic N) is 4. The van der Waals surface area contributed by atoms with E-state index in [4.69, 9.17) is 4.98 Å². The van der Waals surface area contributed by atoms with Gasteiger partial charge in [-0.2, -0.15) is 0 Å². The molecule has 6 nitrogen and oxygen atoms in total. The minimum absolute atomic E-state index is 0.0316. The third kappa shape index (κ3) is 3.26. The summed E-state index contributed by atoms with van der Waals surface area (Å²) < 4.78 is 2.04. The summed E-state index contributed by atoms with van der Waals surface area (Å²) in [5, 5.41) is 0. The largest absolute Gasteiger partial charge is 0.341 e. The number of benzene rings is 2. The third-order valence-corrected chi connectivity index (χ3v) is 6.33. The second-order valence-corrected chi connectivity index (χ2v) is 8.32. The highest BCUT2D eigenvalue weighted by Gasteiger charge is 2.35. The summed E-state index contributed by atoms with van der Waals surface area (Å²) in [4.78, 5) is 34.5. The van der Waals surface area contributed by atoms with Gasteiger partial charge >= 0.3 is 0 Å². The van der Waals surface area contributed by atoms with Crippen LogP contribution in [-0.2, 0) is 16.1 Å². The predicted octanol–water partition coefficient (Wildman–Crippen LogP) is 3.49. The van der Waals surface area contributed by atoms with E-state index in [0.29, 0.717) is 13.0 Å². The van der Waals surface area contributed by atoms with E-state index in [0.717, 1.165) is 54.0 Å². The fourth-order valence-electron chi connectivity index (χ4n) is 4.75. The number of para-hydroxylation sites is 3. The summed E-state index contributed by atoms with van der Waals surface area (Å²) in [6, 6.07) is 15.9. The van der Waals surface area contributed by atoms with Crippen molar-refractivity contribution in [1.29, 1.82) is 0 Å². The topological polar surface area (TPSA) is 58.4 Å². The Bertz CT molecular complexity index is 1110. The molecule has 6 heteroatoms. The van der Waals surface area contributed by atoms with Crippen LogP contribution >= 0.6 is 0 Å². The second kappa shape index (κ2) is 7.59. The van der Waals surface area contributed by atoms with Gasteiger partial charge in [-0.25, -0.2) is 4.98 Å². The van der Waals surface area contributed by atoms with Gasteiger partial charge in [-0.15, -0.1) is 0 Å². The Morgan fingerprint density at radius 1 is 1.07 bits per heavy atom. The van der Waals surface area contributed by atoms with E-state index in [2.05, 4.69) is 0 Å². The summed E-state index contributed by atoms with van der Waals surface area (Å²) in [7, 11) is 0. The number of anilines is 1. The molecule has 0 radical (unpaired) electrons. The number of imidazole rings is 1. The molecule has 2 saturated heterocycles. The molecule has 1 atom stereocenters. The van der Waals surface area contributed by atoms with Gasteiger partial charge in [0.15, 0.2) is 0 Å². The maximum Gasteiger partial charge on any atom is 0.242 e. The van der Waals surface area contributed by atoms with Crippen molar-refractivity contribution in [2.24, 2.45) is 0 Å². The first-order valence-corrected chi connectivity index (χ1v) is 10.7. The number of amides is 2. The first kappa shape index (κ1) is 18.9. The molecule has 1 aromatic heterocycles. The Morgan fingerprint density at radius 3 is 2.60 bits per heavy atom. The van der Waals surface area contributed by atoms with Crippen LogP contribution in [0.25, 0.3) is 11.0 Å². The van der Waals surface area contributed by atoms with Crippen LogP contribution in [0.15, 0.2) is 48.5 Å². The fourth-order valence-corrected chi connectivity index (χ4v) is 4.75. The Hall–Kier alpha value is -3.15. The molecule has 3 aromatic rings.